The van der Waals surface area contributed by atoms with Crippen LogP contribution in [0.3, 0.4) is 0 Å². The fourth-order valence-corrected chi connectivity index (χ4v) is 1.01. The van der Waals surface area contributed by atoms with E-state index in [0.29, 0.717) is 0 Å². The SMILES string of the molecule is CC(NOC(C)(C)C)Nc1[c]cccc1. The van der Waals surface area contributed by atoms with Gasteiger partial charge in [0.2, 0.25) is 0 Å². The van der Waals surface area contributed by atoms with Crippen LogP contribution in [-0.4, -0.2) is 11.8 Å². The van der Waals surface area contributed by atoms with Crippen molar-refractivity contribution in [1.82, 2.24) is 5.48 Å². The van der Waals surface area contributed by atoms with Crippen LogP contribution in [0.2, 0.25) is 0 Å². The number of benzene rings is 1. The lowest BCUT2D eigenvalue weighted by atomic mass is 10.2. The summed E-state index contributed by atoms with van der Waals surface area (Å²) in [5.74, 6) is 0. The Morgan fingerprint density at radius 3 is 2.60 bits per heavy atom. The largest absolute Gasteiger partial charge is 0.368 e. The first-order chi connectivity index (χ1) is 6.97. The molecule has 0 heterocycles. The normalized spacial score (nSPS) is 13.6. The molecule has 0 saturated carbocycles. The minimum Gasteiger partial charge on any atom is -0.368 e. The zero-order valence-electron chi connectivity index (χ0n) is 9.79. The Kier molecular flexibility index (Phi) is 4.12. The summed E-state index contributed by atoms with van der Waals surface area (Å²) in [6, 6.07) is 10.8. The number of hydrogen-bond donors (Lipinski definition) is 2. The van der Waals surface area contributed by atoms with Crippen molar-refractivity contribution in [3.63, 3.8) is 0 Å². The summed E-state index contributed by atoms with van der Waals surface area (Å²) in [6.45, 7) is 8.00. The van der Waals surface area contributed by atoms with Gasteiger partial charge in [0.1, 0.15) is 0 Å². The molecule has 83 valence electrons. The first-order valence-electron chi connectivity index (χ1n) is 5.14. The lowest BCUT2D eigenvalue weighted by Gasteiger charge is -2.24. The molecule has 0 spiro atoms. The molecule has 0 aliphatic rings. The summed E-state index contributed by atoms with van der Waals surface area (Å²) in [5.41, 5.74) is 3.71. The smallest absolute Gasteiger partial charge is 0.0971 e. The van der Waals surface area contributed by atoms with Gasteiger partial charge in [-0.15, -0.1) is 0 Å². The molecule has 1 atom stereocenters. The van der Waals surface area contributed by atoms with Crippen LogP contribution in [0.25, 0.3) is 0 Å². The molecular formula is C12H19N2O. The Labute approximate surface area is 91.8 Å². The highest BCUT2D eigenvalue weighted by atomic mass is 16.7. The molecule has 1 aromatic rings. The highest BCUT2D eigenvalue weighted by Gasteiger charge is 2.12. The second-order valence-electron chi connectivity index (χ2n) is 4.47. The predicted molar refractivity (Wildman–Crippen MR) is 62.3 cm³/mol. The van der Waals surface area contributed by atoms with E-state index < -0.39 is 0 Å². The van der Waals surface area contributed by atoms with Crippen LogP contribution < -0.4 is 10.8 Å². The van der Waals surface area contributed by atoms with Crippen LogP contribution in [0.15, 0.2) is 24.3 Å². The molecule has 1 radical (unpaired) electrons. The summed E-state index contributed by atoms with van der Waals surface area (Å²) < 4.78 is 0. The standard InChI is InChI=1S/C12H19N2O/c1-10(14-15-12(2,3)4)13-11-8-6-5-7-9-11/h5-8,10,13-14H,1-4H3. The Balaban J connectivity index is 2.34. The fraction of sp³-hybridized carbons (Fsp3) is 0.500. The minimum absolute atomic E-state index is 0.0443. The lowest BCUT2D eigenvalue weighted by Crippen LogP contribution is -2.39. The number of para-hydroxylation sites is 1. The Bertz CT molecular complexity index is 279. The molecule has 1 rings (SSSR count). The van der Waals surface area contributed by atoms with Gasteiger partial charge < -0.3 is 5.32 Å². The van der Waals surface area contributed by atoms with Gasteiger partial charge in [-0.25, -0.2) is 0 Å². The van der Waals surface area contributed by atoms with E-state index in [1.807, 2.05) is 52.0 Å². The average molecular weight is 207 g/mol. The van der Waals surface area contributed by atoms with Crippen LogP contribution in [-0.2, 0) is 4.84 Å². The number of nitrogens with one attached hydrogen (secondary N) is 2. The van der Waals surface area contributed by atoms with Gasteiger partial charge in [0.05, 0.1) is 11.8 Å². The van der Waals surface area contributed by atoms with E-state index in [4.69, 9.17) is 4.84 Å². The van der Waals surface area contributed by atoms with E-state index in [9.17, 15) is 0 Å². The molecule has 0 fully saturated rings. The van der Waals surface area contributed by atoms with Gasteiger partial charge in [-0.05, 0) is 33.8 Å². The van der Waals surface area contributed by atoms with Crippen molar-refractivity contribution in [1.29, 1.82) is 0 Å². The highest BCUT2D eigenvalue weighted by molar-refractivity contribution is 5.41. The second-order valence-corrected chi connectivity index (χ2v) is 4.47. The Hall–Kier alpha value is -1.06. The first-order valence-corrected chi connectivity index (χ1v) is 5.14. The maximum atomic E-state index is 5.44. The van der Waals surface area contributed by atoms with Crippen LogP contribution in [0.4, 0.5) is 5.69 Å². The van der Waals surface area contributed by atoms with Crippen molar-refractivity contribution < 1.29 is 4.84 Å². The first kappa shape index (κ1) is 12.0. The zero-order chi connectivity index (χ0) is 11.3. The summed E-state index contributed by atoms with van der Waals surface area (Å²) in [7, 11) is 0. The molecule has 1 unspecified atom stereocenters. The van der Waals surface area contributed by atoms with Gasteiger partial charge in [-0.3, -0.25) is 4.84 Å². The zero-order valence-corrected chi connectivity index (χ0v) is 9.79. The molecule has 15 heavy (non-hydrogen) atoms. The number of hydroxylamine groups is 1. The third kappa shape index (κ3) is 5.40. The highest BCUT2D eigenvalue weighted by Crippen LogP contribution is 2.07. The summed E-state index contributed by atoms with van der Waals surface area (Å²) >= 11 is 0. The van der Waals surface area contributed by atoms with E-state index in [1.165, 1.54) is 0 Å². The molecule has 2 N–H and O–H groups in total. The molecular weight excluding hydrogens is 188 g/mol. The molecule has 0 amide bonds. The average Bonchev–Trinajstić information content (AvgIpc) is 2.15. The van der Waals surface area contributed by atoms with Crippen LogP contribution in [0.5, 0.6) is 0 Å². The number of rotatable bonds is 4. The van der Waals surface area contributed by atoms with Crippen LogP contribution >= 0.6 is 0 Å². The molecule has 3 heteroatoms. The van der Waals surface area contributed by atoms with E-state index in [2.05, 4.69) is 16.9 Å². The van der Waals surface area contributed by atoms with E-state index in [1.54, 1.807) is 0 Å². The molecule has 0 aliphatic heterocycles. The molecule has 1 aromatic carbocycles. The van der Waals surface area contributed by atoms with Crippen molar-refractivity contribution in [2.75, 3.05) is 5.32 Å². The predicted octanol–water partition coefficient (Wildman–Crippen LogP) is 2.56. The van der Waals surface area contributed by atoms with Crippen LogP contribution in [0, 0.1) is 6.07 Å². The fourth-order valence-electron chi connectivity index (χ4n) is 1.01. The van der Waals surface area contributed by atoms with Crippen molar-refractivity contribution in [2.24, 2.45) is 0 Å². The monoisotopic (exact) mass is 207 g/mol. The topological polar surface area (TPSA) is 33.3 Å². The summed E-state index contributed by atoms with van der Waals surface area (Å²) in [4.78, 5) is 5.44. The number of anilines is 1. The third-order valence-corrected chi connectivity index (χ3v) is 1.62. The van der Waals surface area contributed by atoms with Gasteiger partial charge in [-0.1, -0.05) is 18.2 Å². The van der Waals surface area contributed by atoms with Crippen molar-refractivity contribution in [3.05, 3.63) is 30.3 Å². The quantitative estimate of drug-likeness (QED) is 0.588. The van der Waals surface area contributed by atoms with Crippen LogP contribution in [0.1, 0.15) is 27.7 Å². The van der Waals surface area contributed by atoms with Crippen molar-refractivity contribution in [2.45, 2.75) is 39.5 Å². The summed E-state index contributed by atoms with van der Waals surface area (Å²) in [5, 5.41) is 3.22. The van der Waals surface area contributed by atoms with E-state index >= 15 is 0 Å². The molecule has 0 aromatic heterocycles. The van der Waals surface area contributed by atoms with Gasteiger partial charge in [0.25, 0.3) is 0 Å². The summed E-state index contributed by atoms with van der Waals surface area (Å²) in [6.07, 6.45) is 0.0443. The second kappa shape index (κ2) is 5.14. The molecule has 0 saturated heterocycles. The third-order valence-electron chi connectivity index (χ3n) is 1.62. The molecule has 0 bridgehead atoms. The maximum Gasteiger partial charge on any atom is 0.0971 e. The maximum absolute atomic E-state index is 5.44. The Morgan fingerprint density at radius 1 is 1.33 bits per heavy atom. The van der Waals surface area contributed by atoms with Crippen molar-refractivity contribution >= 4 is 5.69 Å². The molecule has 0 aliphatic carbocycles. The van der Waals surface area contributed by atoms with Crippen molar-refractivity contribution in [3.8, 4) is 0 Å². The van der Waals surface area contributed by atoms with Gasteiger partial charge in [0, 0.05) is 11.8 Å². The van der Waals surface area contributed by atoms with E-state index in [-0.39, 0.29) is 11.8 Å². The minimum atomic E-state index is -0.184. The van der Waals surface area contributed by atoms with Gasteiger partial charge in [0.15, 0.2) is 0 Å². The van der Waals surface area contributed by atoms with Gasteiger partial charge >= 0.3 is 0 Å². The lowest BCUT2D eigenvalue weighted by molar-refractivity contribution is -0.0822. The molecule has 3 nitrogen and oxygen atoms in total. The van der Waals surface area contributed by atoms with E-state index in [0.717, 1.165) is 5.69 Å². The Morgan fingerprint density at radius 2 is 2.07 bits per heavy atom. The number of hydrogen-bond acceptors (Lipinski definition) is 3. The van der Waals surface area contributed by atoms with Gasteiger partial charge in [-0.2, -0.15) is 5.48 Å².